The molecule has 0 nitrogen and oxygen atoms in total. The van der Waals surface area contributed by atoms with Gasteiger partial charge in [0, 0.05) is 0 Å². The Morgan fingerprint density at radius 3 is 1.76 bits per heavy atom. The summed E-state index contributed by atoms with van der Waals surface area (Å²) >= 11 is 0. The highest BCUT2D eigenvalue weighted by molar-refractivity contribution is 4.98. The summed E-state index contributed by atoms with van der Waals surface area (Å²) in [5.74, 6) is 0. The van der Waals surface area contributed by atoms with Crippen molar-refractivity contribution in [2.24, 2.45) is 0 Å². The molecule has 1 radical (unpaired) electrons. The van der Waals surface area contributed by atoms with Crippen molar-refractivity contribution in [3.8, 4) is 0 Å². The SMILES string of the molecule is [C]1=C/C=C/CCCCCCCCCCCCC/1. The quantitative estimate of drug-likeness (QED) is 0.482. The van der Waals surface area contributed by atoms with Crippen molar-refractivity contribution in [1.82, 2.24) is 0 Å². The number of hydrogen-bond donors (Lipinski definition) is 0. The first-order chi connectivity index (χ1) is 8.50. The topological polar surface area (TPSA) is 0 Å². The van der Waals surface area contributed by atoms with Crippen molar-refractivity contribution in [3.63, 3.8) is 0 Å². The molecule has 0 spiro atoms. The van der Waals surface area contributed by atoms with Gasteiger partial charge in [0.2, 0.25) is 0 Å². The molecule has 0 saturated heterocycles. The lowest BCUT2D eigenvalue weighted by Gasteiger charge is -2.01. The average molecular weight is 233 g/mol. The normalized spacial score (nSPS) is 25.9. The summed E-state index contributed by atoms with van der Waals surface area (Å²) in [7, 11) is 0. The van der Waals surface area contributed by atoms with Crippen molar-refractivity contribution in [2.75, 3.05) is 0 Å². The van der Waals surface area contributed by atoms with E-state index in [9.17, 15) is 0 Å². The second-order valence-electron chi connectivity index (χ2n) is 5.23. The van der Waals surface area contributed by atoms with Crippen molar-refractivity contribution < 1.29 is 0 Å². The summed E-state index contributed by atoms with van der Waals surface area (Å²) in [4.78, 5) is 0. The molecule has 0 saturated carbocycles. The van der Waals surface area contributed by atoms with E-state index in [1.54, 1.807) is 0 Å². The summed E-state index contributed by atoms with van der Waals surface area (Å²) in [6.45, 7) is 0. The van der Waals surface area contributed by atoms with E-state index in [4.69, 9.17) is 0 Å². The fraction of sp³-hybridized carbons (Fsp3) is 0.765. The van der Waals surface area contributed by atoms with E-state index in [2.05, 4.69) is 24.3 Å². The third-order valence-corrected chi connectivity index (χ3v) is 3.54. The van der Waals surface area contributed by atoms with Crippen LogP contribution in [0.2, 0.25) is 0 Å². The summed E-state index contributed by atoms with van der Waals surface area (Å²) in [6.07, 6.45) is 28.0. The zero-order valence-electron chi connectivity index (χ0n) is 11.4. The summed E-state index contributed by atoms with van der Waals surface area (Å²) < 4.78 is 0. The van der Waals surface area contributed by atoms with Crippen LogP contribution in [0.5, 0.6) is 0 Å². The number of rotatable bonds is 0. The zero-order chi connectivity index (χ0) is 12.0. The Bertz CT molecular complexity index is 178. The van der Waals surface area contributed by atoms with Crippen LogP contribution in [0, 0.1) is 6.08 Å². The van der Waals surface area contributed by atoms with Crippen LogP contribution in [0.25, 0.3) is 0 Å². The smallest absolute Gasteiger partial charge is 0.0276 e. The Kier molecular flexibility index (Phi) is 10.2. The van der Waals surface area contributed by atoms with Crippen LogP contribution in [-0.2, 0) is 0 Å². The molecule has 1 aliphatic carbocycles. The van der Waals surface area contributed by atoms with E-state index < -0.39 is 0 Å². The van der Waals surface area contributed by atoms with Gasteiger partial charge in [-0.15, -0.1) is 0 Å². The van der Waals surface area contributed by atoms with Gasteiger partial charge in [-0.25, -0.2) is 0 Å². The van der Waals surface area contributed by atoms with Crippen LogP contribution in [0.4, 0.5) is 0 Å². The van der Waals surface area contributed by atoms with Crippen LogP contribution < -0.4 is 0 Å². The minimum atomic E-state index is 1.14. The predicted molar refractivity (Wildman–Crippen MR) is 77.0 cm³/mol. The molecular formula is C17H29. The molecule has 1 rings (SSSR count). The second kappa shape index (κ2) is 12.0. The minimum absolute atomic E-state index is 1.14. The van der Waals surface area contributed by atoms with Gasteiger partial charge in [-0.3, -0.25) is 0 Å². The van der Waals surface area contributed by atoms with Crippen LogP contribution in [0.15, 0.2) is 18.2 Å². The van der Waals surface area contributed by atoms with Crippen molar-refractivity contribution >= 4 is 0 Å². The lowest BCUT2D eigenvalue weighted by Crippen LogP contribution is -1.82. The Labute approximate surface area is 108 Å². The maximum Gasteiger partial charge on any atom is -0.0276 e. The molecule has 0 heteroatoms. The van der Waals surface area contributed by atoms with Crippen LogP contribution in [-0.4, -0.2) is 0 Å². The van der Waals surface area contributed by atoms with Crippen molar-refractivity contribution in [1.29, 1.82) is 0 Å². The molecule has 0 amide bonds. The fourth-order valence-electron chi connectivity index (χ4n) is 2.40. The second-order valence-corrected chi connectivity index (χ2v) is 5.23. The molecule has 0 aromatic heterocycles. The molecule has 0 unspecified atom stereocenters. The largest absolute Gasteiger partial charge is 0.0845 e. The standard InChI is InChI=1S/C17H29/c1-2-4-6-8-10-12-14-16-17-15-13-11-9-7-5-3-1/h1-3H,4,6-17H2/b2-1+,5-3?. The zero-order valence-corrected chi connectivity index (χ0v) is 11.4. The van der Waals surface area contributed by atoms with Gasteiger partial charge in [0.25, 0.3) is 0 Å². The van der Waals surface area contributed by atoms with Gasteiger partial charge in [0.05, 0.1) is 0 Å². The van der Waals surface area contributed by atoms with Gasteiger partial charge in [-0.05, 0) is 31.8 Å². The first-order valence-electron chi connectivity index (χ1n) is 7.72. The van der Waals surface area contributed by atoms with Gasteiger partial charge in [-0.2, -0.15) is 0 Å². The van der Waals surface area contributed by atoms with E-state index >= 15 is 0 Å². The van der Waals surface area contributed by atoms with Crippen LogP contribution >= 0.6 is 0 Å². The Morgan fingerprint density at radius 1 is 0.588 bits per heavy atom. The van der Waals surface area contributed by atoms with E-state index in [0.717, 1.165) is 6.42 Å². The molecule has 0 atom stereocenters. The molecule has 0 aliphatic heterocycles. The van der Waals surface area contributed by atoms with E-state index in [-0.39, 0.29) is 0 Å². The molecule has 0 aromatic rings. The molecule has 0 bridgehead atoms. The van der Waals surface area contributed by atoms with E-state index in [1.165, 1.54) is 77.0 Å². The third kappa shape index (κ3) is 10.4. The van der Waals surface area contributed by atoms with Gasteiger partial charge >= 0.3 is 0 Å². The maximum absolute atomic E-state index is 3.37. The molecule has 0 fully saturated rings. The lowest BCUT2D eigenvalue weighted by molar-refractivity contribution is 0.547. The highest BCUT2D eigenvalue weighted by Crippen LogP contribution is 2.13. The summed E-state index contributed by atoms with van der Waals surface area (Å²) in [6, 6.07) is 0. The first-order valence-corrected chi connectivity index (χ1v) is 7.72. The maximum atomic E-state index is 3.37. The number of allylic oxidation sites excluding steroid dienone is 4. The van der Waals surface area contributed by atoms with Crippen LogP contribution in [0.1, 0.15) is 83.5 Å². The molecule has 17 heavy (non-hydrogen) atoms. The van der Waals surface area contributed by atoms with E-state index in [1.807, 2.05) is 0 Å². The van der Waals surface area contributed by atoms with Gasteiger partial charge in [0.1, 0.15) is 0 Å². The lowest BCUT2D eigenvalue weighted by atomic mass is 10.0. The summed E-state index contributed by atoms with van der Waals surface area (Å²) in [5, 5.41) is 0. The highest BCUT2D eigenvalue weighted by Gasteiger charge is 1.93. The molecule has 0 heterocycles. The first kappa shape index (κ1) is 14.5. The third-order valence-electron chi connectivity index (χ3n) is 3.54. The van der Waals surface area contributed by atoms with Crippen LogP contribution in [0.3, 0.4) is 0 Å². The highest BCUT2D eigenvalue weighted by atomic mass is 14.0. The Hall–Kier alpha value is -0.520. The van der Waals surface area contributed by atoms with Crippen molar-refractivity contribution in [3.05, 3.63) is 24.3 Å². The number of hydrogen-bond acceptors (Lipinski definition) is 0. The van der Waals surface area contributed by atoms with Crippen molar-refractivity contribution in [2.45, 2.75) is 83.5 Å². The monoisotopic (exact) mass is 233 g/mol. The molecule has 97 valence electrons. The molecule has 0 N–H and O–H groups in total. The minimum Gasteiger partial charge on any atom is -0.0845 e. The molecule has 0 aromatic carbocycles. The Balaban J connectivity index is 2.13. The molecule has 1 aliphatic rings. The average Bonchev–Trinajstić information content (AvgIpc) is 2.35. The molecular weight excluding hydrogens is 204 g/mol. The van der Waals surface area contributed by atoms with Gasteiger partial charge in [0.15, 0.2) is 0 Å². The fourth-order valence-corrected chi connectivity index (χ4v) is 2.40. The van der Waals surface area contributed by atoms with Gasteiger partial charge < -0.3 is 0 Å². The summed E-state index contributed by atoms with van der Waals surface area (Å²) in [5.41, 5.74) is 0. The van der Waals surface area contributed by atoms with Gasteiger partial charge in [-0.1, -0.05) is 76.0 Å². The predicted octanol–water partition coefficient (Wildman–Crippen LogP) is 5.99. The van der Waals surface area contributed by atoms with E-state index in [0.29, 0.717) is 0 Å². The Morgan fingerprint density at radius 2 is 1.12 bits per heavy atom.